The van der Waals surface area contributed by atoms with E-state index in [1.54, 1.807) is 5.57 Å². The lowest BCUT2D eigenvalue weighted by Crippen LogP contribution is -2.43. The quantitative estimate of drug-likeness (QED) is 0.698. The van der Waals surface area contributed by atoms with Crippen molar-refractivity contribution in [3.63, 3.8) is 0 Å². The lowest BCUT2D eigenvalue weighted by atomic mass is 9.95. The molecule has 0 aromatic heterocycles. The van der Waals surface area contributed by atoms with E-state index >= 15 is 0 Å². The van der Waals surface area contributed by atoms with Crippen LogP contribution in [-0.4, -0.2) is 29.3 Å². The van der Waals surface area contributed by atoms with Gasteiger partial charge < -0.3 is 0 Å². The van der Waals surface area contributed by atoms with Gasteiger partial charge in [0.1, 0.15) is 5.78 Å². The van der Waals surface area contributed by atoms with Crippen LogP contribution in [0.15, 0.2) is 11.6 Å². The molecule has 2 saturated heterocycles. The van der Waals surface area contributed by atoms with E-state index in [1.165, 1.54) is 51.5 Å². The zero-order chi connectivity index (χ0) is 11.7. The molecule has 2 nitrogen and oxygen atoms in total. The van der Waals surface area contributed by atoms with Crippen molar-refractivity contribution in [2.45, 2.75) is 69.9 Å². The summed E-state index contributed by atoms with van der Waals surface area (Å²) >= 11 is 0. The molecule has 0 amide bonds. The van der Waals surface area contributed by atoms with Gasteiger partial charge in [-0.3, -0.25) is 9.69 Å². The van der Waals surface area contributed by atoms with Crippen molar-refractivity contribution in [2.75, 3.05) is 6.54 Å². The van der Waals surface area contributed by atoms with E-state index in [0.29, 0.717) is 17.9 Å². The minimum atomic E-state index is 0.505. The van der Waals surface area contributed by atoms with Gasteiger partial charge in [-0.15, -0.1) is 0 Å². The van der Waals surface area contributed by atoms with Crippen LogP contribution in [0.5, 0.6) is 0 Å². The fourth-order valence-electron chi connectivity index (χ4n) is 3.83. The molecule has 3 rings (SSSR count). The molecule has 2 atom stereocenters. The number of hydrogen-bond acceptors (Lipinski definition) is 2. The predicted molar refractivity (Wildman–Crippen MR) is 68.9 cm³/mol. The van der Waals surface area contributed by atoms with Gasteiger partial charge in [-0.2, -0.15) is 0 Å². The highest BCUT2D eigenvalue weighted by molar-refractivity contribution is 5.80. The third kappa shape index (κ3) is 2.47. The minimum Gasteiger partial charge on any atom is -0.300 e. The predicted octanol–water partition coefficient (Wildman–Crippen LogP) is 3.07. The maximum Gasteiger partial charge on any atom is 0.136 e. The monoisotopic (exact) mass is 233 g/mol. The standard InChI is InChI=1S/C15H23NO/c17-15-10-13-6-7-14(11-15)16(13)9-8-12-4-2-1-3-5-12/h4,13-14H,1-3,5-11H2. The van der Waals surface area contributed by atoms with Crippen LogP contribution in [0, 0.1) is 0 Å². The molecule has 0 spiro atoms. The molecule has 1 aliphatic carbocycles. The van der Waals surface area contributed by atoms with Crippen LogP contribution < -0.4 is 0 Å². The zero-order valence-electron chi connectivity index (χ0n) is 10.7. The summed E-state index contributed by atoms with van der Waals surface area (Å²) in [7, 11) is 0. The normalized spacial score (nSPS) is 33.9. The molecule has 0 saturated carbocycles. The smallest absolute Gasteiger partial charge is 0.136 e. The van der Waals surface area contributed by atoms with Crippen molar-refractivity contribution in [1.82, 2.24) is 4.90 Å². The second-order valence-electron chi connectivity index (χ2n) is 5.93. The van der Waals surface area contributed by atoms with Gasteiger partial charge in [-0.05, 0) is 44.9 Å². The topological polar surface area (TPSA) is 20.3 Å². The molecule has 2 aliphatic heterocycles. The number of nitrogens with zero attached hydrogens (tertiary/aromatic N) is 1. The van der Waals surface area contributed by atoms with E-state index in [0.717, 1.165) is 12.8 Å². The van der Waals surface area contributed by atoms with Gasteiger partial charge in [-0.25, -0.2) is 0 Å². The Kier molecular flexibility index (Phi) is 3.32. The summed E-state index contributed by atoms with van der Waals surface area (Å²) in [5.41, 5.74) is 1.67. The molecule has 2 heterocycles. The maximum atomic E-state index is 11.5. The number of rotatable bonds is 3. The largest absolute Gasteiger partial charge is 0.300 e. The van der Waals surface area contributed by atoms with Gasteiger partial charge in [0, 0.05) is 31.5 Å². The number of carbonyl (C=O) groups excluding carboxylic acids is 1. The molecule has 2 bridgehead atoms. The first kappa shape index (κ1) is 11.5. The van der Waals surface area contributed by atoms with Gasteiger partial charge >= 0.3 is 0 Å². The molecule has 17 heavy (non-hydrogen) atoms. The third-order valence-electron chi connectivity index (χ3n) is 4.77. The molecular formula is C15H23NO. The fraction of sp³-hybridized carbons (Fsp3) is 0.800. The van der Waals surface area contributed by atoms with E-state index in [9.17, 15) is 4.79 Å². The van der Waals surface area contributed by atoms with Crippen molar-refractivity contribution < 1.29 is 4.79 Å². The summed E-state index contributed by atoms with van der Waals surface area (Å²) in [5, 5.41) is 0. The van der Waals surface area contributed by atoms with Gasteiger partial charge in [0.15, 0.2) is 0 Å². The number of allylic oxidation sites excluding steroid dienone is 1. The zero-order valence-corrected chi connectivity index (χ0v) is 10.7. The SMILES string of the molecule is O=C1CC2CCC(C1)N2CCC1=CCCCC1. The summed E-state index contributed by atoms with van der Waals surface area (Å²) in [6.45, 7) is 1.20. The summed E-state index contributed by atoms with van der Waals surface area (Å²) in [6.07, 6.45) is 13.3. The van der Waals surface area contributed by atoms with Gasteiger partial charge in [-0.1, -0.05) is 11.6 Å². The van der Waals surface area contributed by atoms with Gasteiger partial charge in [0.2, 0.25) is 0 Å². The number of ketones is 1. The Morgan fingerprint density at radius 1 is 1.18 bits per heavy atom. The molecule has 0 aromatic carbocycles. The number of Topliss-reactive ketones (excluding diaryl/α,β-unsaturated/α-hetero) is 1. The summed E-state index contributed by atoms with van der Waals surface area (Å²) < 4.78 is 0. The molecule has 94 valence electrons. The Hall–Kier alpha value is -0.630. The molecule has 2 heteroatoms. The van der Waals surface area contributed by atoms with Crippen LogP contribution in [0.1, 0.15) is 57.8 Å². The van der Waals surface area contributed by atoms with Crippen LogP contribution in [0.25, 0.3) is 0 Å². The number of carbonyl (C=O) groups is 1. The molecule has 0 radical (unpaired) electrons. The molecule has 0 N–H and O–H groups in total. The molecular weight excluding hydrogens is 210 g/mol. The maximum absolute atomic E-state index is 11.5. The van der Waals surface area contributed by atoms with E-state index in [4.69, 9.17) is 0 Å². The van der Waals surface area contributed by atoms with Crippen LogP contribution in [0.3, 0.4) is 0 Å². The number of hydrogen-bond donors (Lipinski definition) is 0. The first-order chi connectivity index (χ1) is 8.33. The Labute approximate surface area is 104 Å². The van der Waals surface area contributed by atoms with Crippen molar-refractivity contribution in [1.29, 1.82) is 0 Å². The lowest BCUT2D eigenvalue weighted by Gasteiger charge is -2.34. The summed E-state index contributed by atoms with van der Waals surface area (Å²) in [6, 6.07) is 1.18. The molecule has 2 unspecified atom stereocenters. The average molecular weight is 233 g/mol. The second-order valence-corrected chi connectivity index (χ2v) is 5.93. The highest BCUT2D eigenvalue weighted by Gasteiger charge is 2.39. The third-order valence-corrected chi connectivity index (χ3v) is 4.77. The van der Waals surface area contributed by atoms with Crippen molar-refractivity contribution in [3.8, 4) is 0 Å². The van der Waals surface area contributed by atoms with Crippen LogP contribution in [0.4, 0.5) is 0 Å². The minimum absolute atomic E-state index is 0.505. The summed E-state index contributed by atoms with van der Waals surface area (Å²) in [4.78, 5) is 14.2. The van der Waals surface area contributed by atoms with E-state index in [2.05, 4.69) is 11.0 Å². The number of piperidine rings is 1. The second kappa shape index (κ2) is 4.93. The Morgan fingerprint density at radius 3 is 2.59 bits per heavy atom. The lowest BCUT2D eigenvalue weighted by molar-refractivity contribution is -0.123. The fourth-order valence-corrected chi connectivity index (χ4v) is 3.83. The summed E-state index contributed by atoms with van der Waals surface area (Å²) in [5.74, 6) is 0.505. The van der Waals surface area contributed by atoms with Crippen LogP contribution >= 0.6 is 0 Å². The molecule has 0 aromatic rings. The number of fused-ring (bicyclic) bond motifs is 2. The van der Waals surface area contributed by atoms with E-state index in [-0.39, 0.29) is 0 Å². The Morgan fingerprint density at radius 2 is 1.94 bits per heavy atom. The highest BCUT2D eigenvalue weighted by atomic mass is 16.1. The van der Waals surface area contributed by atoms with Gasteiger partial charge in [0.05, 0.1) is 0 Å². The Balaban J connectivity index is 1.55. The Bertz CT molecular complexity index is 318. The molecule has 2 fully saturated rings. The van der Waals surface area contributed by atoms with Crippen molar-refractivity contribution in [2.24, 2.45) is 0 Å². The molecule has 3 aliphatic rings. The first-order valence-electron chi connectivity index (χ1n) is 7.28. The van der Waals surface area contributed by atoms with Crippen molar-refractivity contribution in [3.05, 3.63) is 11.6 Å². The first-order valence-corrected chi connectivity index (χ1v) is 7.28. The van der Waals surface area contributed by atoms with E-state index in [1.807, 2.05) is 0 Å². The average Bonchev–Trinajstić information content (AvgIpc) is 2.59. The van der Waals surface area contributed by atoms with Gasteiger partial charge in [0.25, 0.3) is 0 Å². The van der Waals surface area contributed by atoms with E-state index < -0.39 is 0 Å². The van der Waals surface area contributed by atoms with Crippen molar-refractivity contribution >= 4 is 5.78 Å². The van der Waals surface area contributed by atoms with Crippen LogP contribution in [-0.2, 0) is 4.79 Å². The van der Waals surface area contributed by atoms with Crippen LogP contribution in [0.2, 0.25) is 0 Å². The highest BCUT2D eigenvalue weighted by Crippen LogP contribution is 2.34.